The first-order valence-electron chi connectivity index (χ1n) is 5.60. The summed E-state index contributed by atoms with van der Waals surface area (Å²) in [6.07, 6.45) is 1.19. The molecule has 106 valence electrons. The zero-order valence-electron chi connectivity index (χ0n) is 9.96. The fourth-order valence-corrected chi connectivity index (χ4v) is 5.39. The number of H-pyrrole nitrogens is 1. The van der Waals surface area contributed by atoms with Crippen LogP contribution in [0.2, 0.25) is 0 Å². The number of aromatic amines is 1. The highest BCUT2D eigenvalue weighted by Gasteiger charge is 2.21. The number of carboxylic acid groups (broad SMARTS) is 1. The van der Waals surface area contributed by atoms with Gasteiger partial charge in [-0.25, -0.2) is 17.9 Å². The van der Waals surface area contributed by atoms with E-state index in [4.69, 9.17) is 5.11 Å². The average molecular weight is 322 g/mol. The zero-order valence-corrected chi connectivity index (χ0v) is 12.4. The Labute approximate surface area is 119 Å². The first-order valence-corrected chi connectivity index (χ1v) is 9.28. The highest BCUT2D eigenvalue weighted by Crippen LogP contribution is 2.23. The Bertz CT molecular complexity index is 549. The van der Waals surface area contributed by atoms with Crippen molar-refractivity contribution in [3.8, 4) is 0 Å². The van der Waals surface area contributed by atoms with Crippen LogP contribution in [0, 0.1) is 0 Å². The summed E-state index contributed by atoms with van der Waals surface area (Å²) < 4.78 is 26.5. The normalized spacial score (nSPS) is 20.3. The Kier molecular flexibility index (Phi) is 4.82. The molecule has 6 nitrogen and oxygen atoms in total. The lowest BCUT2D eigenvalue weighted by atomic mass is 10.4. The Morgan fingerprint density at radius 3 is 2.89 bits per heavy atom. The van der Waals surface area contributed by atoms with Gasteiger partial charge in [0.25, 0.3) is 0 Å². The van der Waals surface area contributed by atoms with Gasteiger partial charge in [0.2, 0.25) is 10.0 Å². The Hall–Kier alpha value is -0.640. The monoisotopic (exact) mass is 322 g/mol. The van der Waals surface area contributed by atoms with Crippen LogP contribution in [-0.4, -0.2) is 53.5 Å². The number of rotatable bonds is 5. The topological polar surface area (TPSA) is 99.3 Å². The highest BCUT2D eigenvalue weighted by atomic mass is 32.2. The lowest BCUT2D eigenvalue weighted by Gasteiger charge is -2.20. The number of hydrogen-bond acceptors (Lipinski definition) is 5. The van der Waals surface area contributed by atoms with Gasteiger partial charge in [-0.1, -0.05) is 0 Å². The zero-order chi connectivity index (χ0) is 13.9. The molecule has 0 bridgehead atoms. The van der Waals surface area contributed by atoms with Crippen molar-refractivity contribution in [3.05, 3.63) is 18.0 Å². The second-order valence-electron chi connectivity index (χ2n) is 3.97. The largest absolute Gasteiger partial charge is 0.477 e. The lowest BCUT2D eigenvalue weighted by molar-refractivity contribution is 0.0691. The molecule has 1 unspecified atom stereocenters. The molecule has 1 atom stereocenters. The van der Waals surface area contributed by atoms with E-state index in [2.05, 4.69) is 9.71 Å². The molecular weight excluding hydrogens is 308 g/mol. The molecule has 1 saturated heterocycles. The fourth-order valence-electron chi connectivity index (χ4n) is 1.59. The number of thioether (sulfide) groups is 2. The molecule has 0 radical (unpaired) electrons. The van der Waals surface area contributed by atoms with E-state index in [1.54, 1.807) is 11.8 Å². The second kappa shape index (κ2) is 6.21. The molecule has 0 aliphatic carbocycles. The predicted molar refractivity (Wildman–Crippen MR) is 76.5 cm³/mol. The Morgan fingerprint density at radius 1 is 1.53 bits per heavy atom. The first kappa shape index (κ1) is 14.8. The SMILES string of the molecule is O=C(O)c1cc(S(=O)(=O)NCC2CSCCS2)c[nH]1. The van der Waals surface area contributed by atoms with Gasteiger partial charge in [0.1, 0.15) is 10.6 Å². The summed E-state index contributed by atoms with van der Waals surface area (Å²) in [4.78, 5) is 13.1. The molecule has 0 aromatic carbocycles. The third-order valence-corrected chi connectivity index (χ3v) is 6.83. The molecule has 2 heterocycles. The molecule has 2 rings (SSSR count). The molecule has 1 aromatic rings. The average Bonchev–Trinajstić information content (AvgIpc) is 2.88. The first-order chi connectivity index (χ1) is 8.99. The maximum atomic E-state index is 12.0. The van der Waals surface area contributed by atoms with E-state index in [0.717, 1.165) is 23.3 Å². The van der Waals surface area contributed by atoms with E-state index in [-0.39, 0.29) is 15.8 Å². The third-order valence-electron chi connectivity index (χ3n) is 2.58. The number of hydrogen-bond donors (Lipinski definition) is 3. The fraction of sp³-hybridized carbons (Fsp3) is 0.500. The third kappa shape index (κ3) is 3.91. The van der Waals surface area contributed by atoms with Crippen molar-refractivity contribution in [2.45, 2.75) is 10.1 Å². The predicted octanol–water partition coefficient (Wildman–Crippen LogP) is 0.840. The van der Waals surface area contributed by atoms with Crippen LogP contribution in [0.3, 0.4) is 0 Å². The van der Waals surface area contributed by atoms with Gasteiger partial charge in [0, 0.05) is 35.3 Å². The van der Waals surface area contributed by atoms with Gasteiger partial charge < -0.3 is 10.1 Å². The molecule has 3 N–H and O–H groups in total. The van der Waals surface area contributed by atoms with Crippen LogP contribution in [0.25, 0.3) is 0 Å². The summed E-state index contributed by atoms with van der Waals surface area (Å²) in [5.41, 5.74) is -0.136. The van der Waals surface area contributed by atoms with Gasteiger partial charge in [-0.2, -0.15) is 23.5 Å². The molecular formula is C10H14N2O4S3. The van der Waals surface area contributed by atoms with Crippen LogP contribution in [0.4, 0.5) is 0 Å². The van der Waals surface area contributed by atoms with Gasteiger partial charge in [0.05, 0.1) is 0 Å². The number of aromatic carboxylic acids is 1. The van der Waals surface area contributed by atoms with E-state index in [1.807, 2.05) is 11.8 Å². The van der Waals surface area contributed by atoms with E-state index >= 15 is 0 Å². The minimum Gasteiger partial charge on any atom is -0.477 e. The number of carboxylic acids is 1. The molecule has 1 aliphatic rings. The molecule has 0 amide bonds. The molecule has 1 aliphatic heterocycles. The molecule has 9 heteroatoms. The van der Waals surface area contributed by atoms with E-state index < -0.39 is 16.0 Å². The van der Waals surface area contributed by atoms with Crippen molar-refractivity contribution in [2.75, 3.05) is 23.8 Å². The van der Waals surface area contributed by atoms with Crippen LogP contribution in [-0.2, 0) is 10.0 Å². The minimum absolute atomic E-state index is 0.0432. The van der Waals surface area contributed by atoms with Gasteiger partial charge >= 0.3 is 5.97 Å². The number of carbonyl (C=O) groups is 1. The van der Waals surface area contributed by atoms with Crippen molar-refractivity contribution in [2.24, 2.45) is 0 Å². The Balaban J connectivity index is 1.98. The highest BCUT2D eigenvalue weighted by molar-refractivity contribution is 8.06. The number of sulfonamides is 1. The molecule has 1 fully saturated rings. The molecule has 0 spiro atoms. The van der Waals surface area contributed by atoms with Crippen LogP contribution >= 0.6 is 23.5 Å². The summed E-state index contributed by atoms with van der Waals surface area (Å²) in [7, 11) is -3.64. The quantitative estimate of drug-likeness (QED) is 0.743. The van der Waals surface area contributed by atoms with Gasteiger partial charge in [-0.3, -0.25) is 0 Å². The van der Waals surface area contributed by atoms with Crippen molar-refractivity contribution in [1.29, 1.82) is 0 Å². The van der Waals surface area contributed by atoms with Crippen molar-refractivity contribution >= 4 is 39.5 Å². The van der Waals surface area contributed by atoms with Crippen LogP contribution in [0.1, 0.15) is 10.5 Å². The number of aromatic nitrogens is 1. The Morgan fingerprint density at radius 2 is 2.32 bits per heavy atom. The van der Waals surface area contributed by atoms with Crippen LogP contribution in [0.5, 0.6) is 0 Å². The maximum Gasteiger partial charge on any atom is 0.352 e. The van der Waals surface area contributed by atoms with Crippen molar-refractivity contribution in [1.82, 2.24) is 9.71 Å². The van der Waals surface area contributed by atoms with Gasteiger partial charge in [-0.15, -0.1) is 0 Å². The van der Waals surface area contributed by atoms with E-state index in [1.165, 1.54) is 6.20 Å². The minimum atomic E-state index is -3.64. The van der Waals surface area contributed by atoms with Crippen LogP contribution < -0.4 is 4.72 Å². The summed E-state index contributed by atoms with van der Waals surface area (Å²) in [6, 6.07) is 1.12. The number of nitrogens with one attached hydrogen (secondary N) is 2. The lowest BCUT2D eigenvalue weighted by Crippen LogP contribution is -2.33. The maximum absolute atomic E-state index is 12.0. The molecule has 0 saturated carbocycles. The van der Waals surface area contributed by atoms with E-state index in [0.29, 0.717) is 6.54 Å². The van der Waals surface area contributed by atoms with Crippen molar-refractivity contribution in [3.63, 3.8) is 0 Å². The van der Waals surface area contributed by atoms with Gasteiger partial charge in [0.15, 0.2) is 0 Å². The summed E-state index contributed by atoms with van der Waals surface area (Å²) in [6.45, 7) is 0.369. The van der Waals surface area contributed by atoms with Crippen LogP contribution in [0.15, 0.2) is 17.2 Å². The van der Waals surface area contributed by atoms with Gasteiger partial charge in [-0.05, 0) is 6.07 Å². The molecule has 19 heavy (non-hydrogen) atoms. The van der Waals surface area contributed by atoms with Crippen molar-refractivity contribution < 1.29 is 18.3 Å². The molecule has 1 aromatic heterocycles. The van der Waals surface area contributed by atoms with E-state index in [9.17, 15) is 13.2 Å². The standard InChI is InChI=1S/C10H14N2O4S3/c13-10(14)9-3-8(5-11-9)19(15,16)12-4-7-6-17-1-2-18-7/h3,5,7,11-12H,1-2,4,6H2,(H,13,14). The summed E-state index contributed by atoms with van der Waals surface area (Å²) >= 11 is 3.58. The summed E-state index contributed by atoms with van der Waals surface area (Å²) in [5.74, 6) is 1.89. The summed E-state index contributed by atoms with van der Waals surface area (Å²) in [5, 5.41) is 9.01. The second-order valence-corrected chi connectivity index (χ2v) is 8.30. The smallest absolute Gasteiger partial charge is 0.352 e.